The van der Waals surface area contributed by atoms with Gasteiger partial charge in [-0.2, -0.15) is 0 Å². The lowest BCUT2D eigenvalue weighted by Crippen LogP contribution is -2.12. The largest absolute Gasteiger partial charge is 0.493 e. The monoisotopic (exact) mass is 487 g/mol. The Balaban J connectivity index is 0.00000261. The zero-order valence-corrected chi connectivity index (χ0v) is 18.7. The molecule has 0 radical (unpaired) electrons. The third-order valence-corrected chi connectivity index (χ3v) is 5.51. The molecule has 3 nitrogen and oxygen atoms in total. The van der Waals surface area contributed by atoms with Gasteiger partial charge in [0.2, 0.25) is 0 Å². The summed E-state index contributed by atoms with van der Waals surface area (Å²) >= 11 is 11.3. The first-order valence-electron chi connectivity index (χ1n) is 8.12. The number of nitrogens with one attached hydrogen (secondary N) is 1. The molecule has 27 heavy (non-hydrogen) atoms. The van der Waals surface area contributed by atoms with Crippen LogP contribution in [-0.2, 0) is 19.7 Å². The second kappa shape index (κ2) is 10.9. The molecule has 1 heterocycles. The van der Waals surface area contributed by atoms with Crippen LogP contribution in [0.1, 0.15) is 16.0 Å². The summed E-state index contributed by atoms with van der Waals surface area (Å²) in [5.41, 5.74) is 2.18. The Morgan fingerprint density at radius 3 is 2.52 bits per heavy atom. The van der Waals surface area contributed by atoms with Crippen LogP contribution in [-0.4, -0.2) is 7.11 Å². The van der Waals surface area contributed by atoms with Gasteiger partial charge in [0.25, 0.3) is 0 Å². The molecule has 0 bridgehead atoms. The molecule has 3 aromatic rings. The van der Waals surface area contributed by atoms with Crippen molar-refractivity contribution < 1.29 is 9.47 Å². The second-order valence-electron chi connectivity index (χ2n) is 5.71. The molecule has 1 aromatic heterocycles. The average Bonchev–Trinajstić information content (AvgIpc) is 3.15. The molecule has 2 aromatic carbocycles. The molecular weight excluding hydrogens is 469 g/mol. The van der Waals surface area contributed by atoms with Gasteiger partial charge < -0.3 is 14.8 Å². The highest BCUT2D eigenvalue weighted by Crippen LogP contribution is 2.37. The second-order valence-corrected chi connectivity index (χ2v) is 8.03. The van der Waals surface area contributed by atoms with Gasteiger partial charge in [0.15, 0.2) is 11.5 Å². The number of thiophene rings is 1. The number of methoxy groups -OCH3 is 1. The van der Waals surface area contributed by atoms with E-state index < -0.39 is 0 Å². The highest BCUT2D eigenvalue weighted by atomic mass is 79.9. The first-order chi connectivity index (χ1) is 12.7. The summed E-state index contributed by atoms with van der Waals surface area (Å²) in [6.45, 7) is 2.05. The van der Waals surface area contributed by atoms with E-state index in [1.54, 1.807) is 18.4 Å². The molecule has 0 aliphatic heterocycles. The number of benzene rings is 2. The van der Waals surface area contributed by atoms with Crippen molar-refractivity contribution >= 4 is 51.3 Å². The molecule has 0 spiro atoms. The first kappa shape index (κ1) is 22.1. The third kappa shape index (κ3) is 6.40. The highest BCUT2D eigenvalue weighted by molar-refractivity contribution is 9.10. The van der Waals surface area contributed by atoms with Crippen LogP contribution < -0.4 is 14.8 Å². The van der Waals surface area contributed by atoms with Gasteiger partial charge in [-0.25, -0.2) is 0 Å². The molecule has 0 saturated carbocycles. The topological polar surface area (TPSA) is 30.5 Å². The van der Waals surface area contributed by atoms with Crippen LogP contribution in [0, 0.1) is 0 Å². The summed E-state index contributed by atoms with van der Waals surface area (Å²) in [5, 5.41) is 6.25. The lowest BCUT2D eigenvalue weighted by Gasteiger charge is -2.15. The van der Waals surface area contributed by atoms with Gasteiger partial charge in [0.1, 0.15) is 6.61 Å². The van der Waals surface area contributed by atoms with Crippen LogP contribution in [0.15, 0.2) is 58.4 Å². The maximum absolute atomic E-state index is 5.97. The molecule has 0 atom stereocenters. The minimum absolute atomic E-state index is 0. The van der Waals surface area contributed by atoms with Gasteiger partial charge in [0.05, 0.1) is 11.6 Å². The lowest BCUT2D eigenvalue weighted by atomic mass is 10.2. The van der Waals surface area contributed by atoms with Gasteiger partial charge in [-0.15, -0.1) is 23.7 Å². The summed E-state index contributed by atoms with van der Waals surface area (Å²) in [6, 6.07) is 15.9. The molecule has 144 valence electrons. The zero-order chi connectivity index (χ0) is 18.4. The fraction of sp³-hybridized carbons (Fsp3) is 0.200. The molecule has 7 heteroatoms. The van der Waals surface area contributed by atoms with Crippen molar-refractivity contribution in [2.24, 2.45) is 0 Å². The standard InChI is InChI=1S/C20H19BrClNO2S.ClH/c1-24-19-10-15(11-23-12-17-3-2-8-26-17)9-18(21)20(19)25-13-14-4-6-16(22)7-5-14;/h2-10,23H,11-13H2,1H3;1H. The van der Waals surface area contributed by atoms with Crippen molar-refractivity contribution in [2.75, 3.05) is 7.11 Å². The number of halogens is 3. The van der Waals surface area contributed by atoms with E-state index in [1.165, 1.54) is 4.88 Å². The van der Waals surface area contributed by atoms with Crippen molar-refractivity contribution in [2.45, 2.75) is 19.7 Å². The van der Waals surface area contributed by atoms with Crippen LogP contribution in [0.5, 0.6) is 11.5 Å². The van der Waals surface area contributed by atoms with Crippen LogP contribution in [0.3, 0.4) is 0 Å². The minimum atomic E-state index is 0. The summed E-state index contributed by atoms with van der Waals surface area (Å²) in [7, 11) is 1.65. The Morgan fingerprint density at radius 2 is 1.85 bits per heavy atom. The first-order valence-corrected chi connectivity index (χ1v) is 10.2. The van der Waals surface area contributed by atoms with Gasteiger partial charge in [-0.05, 0) is 62.8 Å². The van der Waals surface area contributed by atoms with Crippen molar-refractivity contribution in [3.8, 4) is 11.5 Å². The smallest absolute Gasteiger partial charge is 0.175 e. The fourth-order valence-corrected chi connectivity index (χ4v) is 3.90. The van der Waals surface area contributed by atoms with E-state index in [4.69, 9.17) is 21.1 Å². The van der Waals surface area contributed by atoms with Gasteiger partial charge >= 0.3 is 0 Å². The molecule has 0 aliphatic rings. The van der Waals surface area contributed by atoms with Crippen molar-refractivity contribution in [1.29, 1.82) is 0 Å². The van der Waals surface area contributed by atoms with Crippen molar-refractivity contribution in [1.82, 2.24) is 5.32 Å². The number of rotatable bonds is 8. The SMILES string of the molecule is COc1cc(CNCc2cccs2)cc(Br)c1OCc1ccc(Cl)cc1.Cl. The van der Waals surface area contributed by atoms with E-state index in [-0.39, 0.29) is 12.4 Å². The van der Waals surface area contributed by atoms with E-state index in [0.717, 1.165) is 28.7 Å². The fourth-order valence-electron chi connectivity index (χ4n) is 2.49. The zero-order valence-electron chi connectivity index (χ0n) is 14.7. The molecule has 3 rings (SSSR count). The summed E-state index contributed by atoms with van der Waals surface area (Å²) in [4.78, 5) is 1.32. The van der Waals surface area contributed by atoms with Gasteiger partial charge in [-0.3, -0.25) is 0 Å². The van der Waals surface area contributed by atoms with Crippen molar-refractivity contribution in [3.63, 3.8) is 0 Å². The molecule has 0 saturated heterocycles. The van der Waals surface area contributed by atoms with Gasteiger partial charge in [-0.1, -0.05) is 29.8 Å². The number of ether oxygens (including phenoxy) is 2. The number of hydrogen-bond acceptors (Lipinski definition) is 4. The van der Waals surface area contributed by atoms with Crippen LogP contribution >= 0.6 is 51.3 Å². The molecule has 0 fully saturated rings. The molecule has 1 N–H and O–H groups in total. The third-order valence-electron chi connectivity index (χ3n) is 3.79. The van der Waals surface area contributed by atoms with Crippen LogP contribution in [0.25, 0.3) is 0 Å². The Hall–Kier alpha value is -1.24. The maximum atomic E-state index is 5.97. The highest BCUT2D eigenvalue weighted by Gasteiger charge is 2.12. The molecule has 0 aliphatic carbocycles. The Kier molecular flexibility index (Phi) is 8.93. The Bertz CT molecular complexity index is 842. The molecule has 0 unspecified atom stereocenters. The maximum Gasteiger partial charge on any atom is 0.175 e. The molecular formula is C20H20BrCl2NO2S. The van der Waals surface area contributed by atoms with Crippen molar-refractivity contribution in [3.05, 3.63) is 79.4 Å². The average molecular weight is 489 g/mol. The normalized spacial score (nSPS) is 10.3. The number of hydrogen-bond donors (Lipinski definition) is 1. The predicted octanol–water partition coefficient (Wildman–Crippen LogP) is 6.46. The van der Waals surface area contributed by atoms with E-state index in [2.05, 4.69) is 44.8 Å². The summed E-state index contributed by atoms with van der Waals surface area (Å²) in [6.07, 6.45) is 0. The van der Waals surface area contributed by atoms with E-state index >= 15 is 0 Å². The molecule has 0 amide bonds. The lowest BCUT2D eigenvalue weighted by molar-refractivity contribution is 0.282. The van der Waals surface area contributed by atoms with Gasteiger partial charge in [0, 0.05) is 23.0 Å². The Labute approximate surface area is 183 Å². The minimum Gasteiger partial charge on any atom is -0.493 e. The Morgan fingerprint density at radius 1 is 1.07 bits per heavy atom. The van der Waals surface area contributed by atoms with E-state index in [0.29, 0.717) is 23.1 Å². The van der Waals surface area contributed by atoms with Crippen LogP contribution in [0.4, 0.5) is 0 Å². The quantitative estimate of drug-likeness (QED) is 0.394. The van der Waals surface area contributed by atoms with E-state index in [1.807, 2.05) is 30.3 Å². The summed E-state index contributed by atoms with van der Waals surface area (Å²) in [5.74, 6) is 1.41. The van der Waals surface area contributed by atoms with E-state index in [9.17, 15) is 0 Å². The predicted molar refractivity (Wildman–Crippen MR) is 119 cm³/mol. The van der Waals surface area contributed by atoms with Crippen LogP contribution in [0.2, 0.25) is 5.02 Å². The summed E-state index contributed by atoms with van der Waals surface area (Å²) < 4.78 is 12.4.